The van der Waals surface area contributed by atoms with Crippen LogP contribution in [0.2, 0.25) is 0 Å². The first-order chi connectivity index (χ1) is 7.29. The largest absolute Gasteiger partial charge is 0.497 e. The van der Waals surface area contributed by atoms with Crippen molar-refractivity contribution in [2.45, 2.75) is 13.2 Å². The second kappa shape index (κ2) is 4.64. The van der Waals surface area contributed by atoms with E-state index >= 15 is 0 Å². The first-order valence-electron chi connectivity index (χ1n) is 5.28. The Hall–Kier alpha value is -1.06. The van der Waals surface area contributed by atoms with Crippen LogP contribution in [0.3, 0.4) is 0 Å². The molecule has 1 aliphatic heterocycles. The Labute approximate surface area is 90.4 Å². The molecule has 0 radical (unpaired) electrons. The lowest BCUT2D eigenvalue weighted by Gasteiger charge is -2.28. The molecule has 0 spiro atoms. The van der Waals surface area contributed by atoms with Crippen LogP contribution in [0.5, 0.6) is 5.75 Å². The van der Waals surface area contributed by atoms with E-state index in [9.17, 15) is 0 Å². The summed E-state index contributed by atoms with van der Waals surface area (Å²) in [6, 6.07) is 7.98. The zero-order chi connectivity index (χ0) is 10.7. The second-order valence-corrected chi connectivity index (χ2v) is 4.00. The third kappa shape index (κ3) is 2.49. The van der Waals surface area contributed by atoms with E-state index in [0.29, 0.717) is 5.92 Å². The van der Waals surface area contributed by atoms with Crippen molar-refractivity contribution >= 4 is 0 Å². The van der Waals surface area contributed by atoms with E-state index < -0.39 is 0 Å². The van der Waals surface area contributed by atoms with Gasteiger partial charge >= 0.3 is 0 Å². The molecule has 2 rings (SSSR count). The van der Waals surface area contributed by atoms with Crippen molar-refractivity contribution in [2.24, 2.45) is 5.92 Å². The average Bonchev–Trinajstić information content (AvgIpc) is 2.30. The van der Waals surface area contributed by atoms with Gasteiger partial charge in [-0.05, 0) is 23.6 Å². The lowest BCUT2D eigenvalue weighted by Crippen LogP contribution is -2.36. The number of methoxy groups -OCH3 is 1. The van der Waals surface area contributed by atoms with Crippen LogP contribution < -0.4 is 10.1 Å². The summed E-state index contributed by atoms with van der Waals surface area (Å²) in [6.07, 6.45) is 0.0344. The Morgan fingerprint density at radius 3 is 2.60 bits per heavy atom. The second-order valence-electron chi connectivity index (χ2n) is 4.00. The van der Waals surface area contributed by atoms with E-state index in [0.717, 1.165) is 24.5 Å². The first-order valence-corrected chi connectivity index (χ1v) is 5.28. The van der Waals surface area contributed by atoms with E-state index in [1.807, 2.05) is 24.3 Å². The molecule has 1 aromatic rings. The zero-order valence-electron chi connectivity index (χ0n) is 9.19. The maximum atomic E-state index is 5.70. The van der Waals surface area contributed by atoms with Crippen LogP contribution in [0.4, 0.5) is 0 Å². The molecule has 0 bridgehead atoms. The standard InChI is InChI=1S/C12H17NO2/c1-9-7-13-12(15-8-9)10-3-5-11(14-2)6-4-10/h3-6,9,12-13H,7-8H2,1-2H3. The normalized spacial score (nSPS) is 26.3. The van der Waals surface area contributed by atoms with Gasteiger partial charge in [0.25, 0.3) is 0 Å². The summed E-state index contributed by atoms with van der Waals surface area (Å²) < 4.78 is 10.8. The van der Waals surface area contributed by atoms with Crippen LogP contribution in [0.1, 0.15) is 18.7 Å². The van der Waals surface area contributed by atoms with E-state index in [1.165, 1.54) is 0 Å². The van der Waals surface area contributed by atoms with Crippen molar-refractivity contribution in [3.8, 4) is 5.75 Å². The van der Waals surface area contributed by atoms with Crippen molar-refractivity contribution in [3.63, 3.8) is 0 Å². The quantitative estimate of drug-likeness (QED) is 0.804. The Balaban J connectivity index is 2.03. The van der Waals surface area contributed by atoms with E-state index in [1.54, 1.807) is 7.11 Å². The van der Waals surface area contributed by atoms with Gasteiger partial charge < -0.3 is 9.47 Å². The summed E-state index contributed by atoms with van der Waals surface area (Å²) >= 11 is 0. The molecule has 0 amide bonds. The Morgan fingerprint density at radius 2 is 2.07 bits per heavy atom. The fourth-order valence-corrected chi connectivity index (χ4v) is 1.68. The van der Waals surface area contributed by atoms with Gasteiger partial charge in [-0.1, -0.05) is 19.1 Å². The molecule has 1 aliphatic rings. The molecule has 3 nitrogen and oxygen atoms in total. The minimum absolute atomic E-state index is 0.0344. The molecule has 3 heteroatoms. The maximum Gasteiger partial charge on any atom is 0.134 e. The van der Waals surface area contributed by atoms with Gasteiger partial charge in [0.05, 0.1) is 13.7 Å². The smallest absolute Gasteiger partial charge is 0.134 e. The van der Waals surface area contributed by atoms with Crippen molar-refractivity contribution in [2.75, 3.05) is 20.3 Å². The number of benzene rings is 1. The van der Waals surface area contributed by atoms with Gasteiger partial charge in [0.1, 0.15) is 12.0 Å². The SMILES string of the molecule is COc1ccc(C2NCC(C)CO2)cc1. The van der Waals surface area contributed by atoms with Crippen molar-refractivity contribution < 1.29 is 9.47 Å². The van der Waals surface area contributed by atoms with Crippen LogP contribution in [0.15, 0.2) is 24.3 Å². The molecule has 15 heavy (non-hydrogen) atoms. The molecule has 1 aromatic carbocycles. The maximum absolute atomic E-state index is 5.70. The fraction of sp³-hybridized carbons (Fsp3) is 0.500. The Morgan fingerprint density at radius 1 is 1.33 bits per heavy atom. The minimum Gasteiger partial charge on any atom is -0.497 e. The number of nitrogens with one attached hydrogen (secondary N) is 1. The van der Waals surface area contributed by atoms with E-state index in [4.69, 9.17) is 9.47 Å². The number of hydrogen-bond donors (Lipinski definition) is 1. The summed E-state index contributed by atoms with van der Waals surface area (Å²) in [6.45, 7) is 4.01. The lowest BCUT2D eigenvalue weighted by atomic mass is 10.1. The van der Waals surface area contributed by atoms with E-state index in [2.05, 4.69) is 12.2 Å². The first kappa shape index (κ1) is 10.5. The highest BCUT2D eigenvalue weighted by Crippen LogP contribution is 2.21. The minimum atomic E-state index is 0.0344. The van der Waals surface area contributed by atoms with Gasteiger partial charge in [0.15, 0.2) is 0 Å². The van der Waals surface area contributed by atoms with Gasteiger partial charge in [-0.3, -0.25) is 5.32 Å². The van der Waals surface area contributed by atoms with Crippen molar-refractivity contribution in [3.05, 3.63) is 29.8 Å². The van der Waals surface area contributed by atoms with Crippen LogP contribution in [0, 0.1) is 5.92 Å². The monoisotopic (exact) mass is 207 g/mol. The molecule has 1 heterocycles. The lowest BCUT2D eigenvalue weighted by molar-refractivity contribution is -0.0254. The molecular weight excluding hydrogens is 190 g/mol. The van der Waals surface area contributed by atoms with Crippen LogP contribution in [0.25, 0.3) is 0 Å². The fourth-order valence-electron chi connectivity index (χ4n) is 1.68. The van der Waals surface area contributed by atoms with Crippen LogP contribution in [-0.4, -0.2) is 20.3 Å². The molecule has 2 atom stereocenters. The summed E-state index contributed by atoms with van der Waals surface area (Å²) in [5.41, 5.74) is 1.16. The third-order valence-corrected chi connectivity index (χ3v) is 2.62. The van der Waals surface area contributed by atoms with Crippen molar-refractivity contribution in [1.29, 1.82) is 0 Å². The van der Waals surface area contributed by atoms with E-state index in [-0.39, 0.29) is 6.23 Å². The van der Waals surface area contributed by atoms with Crippen LogP contribution >= 0.6 is 0 Å². The van der Waals surface area contributed by atoms with Gasteiger partial charge in [0.2, 0.25) is 0 Å². The highest BCUT2D eigenvalue weighted by molar-refractivity contribution is 5.28. The summed E-state index contributed by atoms with van der Waals surface area (Å²) in [4.78, 5) is 0. The average molecular weight is 207 g/mol. The molecule has 1 N–H and O–H groups in total. The summed E-state index contributed by atoms with van der Waals surface area (Å²) in [7, 11) is 1.67. The molecule has 82 valence electrons. The van der Waals surface area contributed by atoms with Gasteiger partial charge in [-0.2, -0.15) is 0 Å². The molecule has 0 aliphatic carbocycles. The predicted molar refractivity (Wildman–Crippen MR) is 58.9 cm³/mol. The molecular formula is C12H17NO2. The molecule has 2 unspecified atom stereocenters. The van der Waals surface area contributed by atoms with Gasteiger partial charge in [-0.25, -0.2) is 0 Å². The molecule has 1 saturated heterocycles. The number of ether oxygens (including phenoxy) is 2. The topological polar surface area (TPSA) is 30.5 Å². The van der Waals surface area contributed by atoms with Gasteiger partial charge in [-0.15, -0.1) is 0 Å². The highest BCUT2D eigenvalue weighted by atomic mass is 16.5. The summed E-state index contributed by atoms with van der Waals surface area (Å²) in [5.74, 6) is 1.47. The molecule has 1 fully saturated rings. The molecule has 0 aromatic heterocycles. The third-order valence-electron chi connectivity index (χ3n) is 2.62. The number of hydrogen-bond acceptors (Lipinski definition) is 3. The Kier molecular flexibility index (Phi) is 3.23. The number of rotatable bonds is 2. The highest BCUT2D eigenvalue weighted by Gasteiger charge is 2.18. The predicted octanol–water partition coefficient (Wildman–Crippen LogP) is 1.95. The van der Waals surface area contributed by atoms with Crippen molar-refractivity contribution in [1.82, 2.24) is 5.32 Å². The van der Waals surface area contributed by atoms with Crippen LogP contribution in [-0.2, 0) is 4.74 Å². The van der Waals surface area contributed by atoms with Gasteiger partial charge in [0, 0.05) is 6.54 Å². The Bertz CT molecular complexity index is 302. The molecule has 0 saturated carbocycles. The summed E-state index contributed by atoms with van der Waals surface area (Å²) in [5, 5.41) is 3.36. The zero-order valence-corrected chi connectivity index (χ0v) is 9.19.